The van der Waals surface area contributed by atoms with Crippen LogP contribution in [0, 0.1) is 17.6 Å². The zero-order valence-corrected chi connectivity index (χ0v) is 14.4. The van der Waals surface area contributed by atoms with Gasteiger partial charge in [0, 0.05) is 12.5 Å². The summed E-state index contributed by atoms with van der Waals surface area (Å²) in [6, 6.07) is 6.94. The summed E-state index contributed by atoms with van der Waals surface area (Å²) in [5.41, 5.74) is 1.33. The predicted octanol–water partition coefficient (Wildman–Crippen LogP) is 3.11. The van der Waals surface area contributed by atoms with E-state index in [0.717, 1.165) is 12.1 Å². The van der Waals surface area contributed by atoms with Crippen molar-refractivity contribution < 1.29 is 28.2 Å². The highest BCUT2D eigenvalue weighted by molar-refractivity contribution is 5.82. The molecular formula is C19H19F2NO4. The molecule has 0 aromatic heterocycles. The van der Waals surface area contributed by atoms with Crippen molar-refractivity contribution in [1.82, 2.24) is 5.32 Å². The second kappa shape index (κ2) is 7.19. The minimum absolute atomic E-state index is 0.103. The highest BCUT2D eigenvalue weighted by atomic mass is 19.2. The summed E-state index contributed by atoms with van der Waals surface area (Å²) in [4.78, 5) is 12.3. The first-order chi connectivity index (χ1) is 12.4. The van der Waals surface area contributed by atoms with Crippen molar-refractivity contribution >= 4 is 5.91 Å². The van der Waals surface area contributed by atoms with Crippen LogP contribution in [0.15, 0.2) is 30.3 Å². The predicted molar refractivity (Wildman–Crippen MR) is 90.3 cm³/mol. The van der Waals surface area contributed by atoms with E-state index in [2.05, 4.69) is 5.32 Å². The summed E-state index contributed by atoms with van der Waals surface area (Å²) in [7, 11) is 2.85. The van der Waals surface area contributed by atoms with Crippen molar-refractivity contribution in [2.45, 2.75) is 18.9 Å². The van der Waals surface area contributed by atoms with E-state index in [4.69, 9.17) is 9.47 Å². The van der Waals surface area contributed by atoms with Gasteiger partial charge >= 0.3 is 0 Å². The minimum atomic E-state index is -0.906. The Labute approximate surface area is 149 Å². The zero-order chi connectivity index (χ0) is 18.8. The van der Waals surface area contributed by atoms with Crippen molar-refractivity contribution in [1.29, 1.82) is 0 Å². The summed E-state index contributed by atoms with van der Waals surface area (Å²) >= 11 is 0. The van der Waals surface area contributed by atoms with Crippen molar-refractivity contribution in [3.63, 3.8) is 0 Å². The van der Waals surface area contributed by atoms with E-state index in [0.29, 0.717) is 17.5 Å². The van der Waals surface area contributed by atoms with Gasteiger partial charge in [0.25, 0.3) is 0 Å². The van der Waals surface area contributed by atoms with E-state index in [9.17, 15) is 18.7 Å². The number of ether oxygens (including phenoxy) is 2. The molecule has 1 fully saturated rings. The lowest BCUT2D eigenvalue weighted by molar-refractivity contribution is -0.122. The Hall–Kier alpha value is -2.83. The first-order valence-corrected chi connectivity index (χ1v) is 8.11. The van der Waals surface area contributed by atoms with Gasteiger partial charge in [-0.25, -0.2) is 8.78 Å². The molecular weight excluding hydrogens is 344 g/mol. The summed E-state index contributed by atoms with van der Waals surface area (Å²) < 4.78 is 36.5. The Bertz CT molecular complexity index is 815. The summed E-state index contributed by atoms with van der Waals surface area (Å²) in [5, 5.41) is 12.7. The molecule has 2 atom stereocenters. The number of benzene rings is 2. The molecule has 7 heteroatoms. The molecule has 1 aliphatic carbocycles. The van der Waals surface area contributed by atoms with Crippen LogP contribution in [0.4, 0.5) is 8.78 Å². The number of hydrogen-bond donors (Lipinski definition) is 2. The molecule has 3 rings (SSSR count). The Kier molecular flexibility index (Phi) is 4.97. The molecule has 0 heterocycles. The molecule has 0 saturated heterocycles. The third kappa shape index (κ3) is 3.56. The average Bonchev–Trinajstić information content (AvgIpc) is 3.43. The molecule has 1 aliphatic rings. The molecule has 1 saturated carbocycles. The molecule has 0 spiro atoms. The SMILES string of the molecule is COc1cc(CNC(=O)[C@H]2C[C@H]2c2ccc(F)c(F)c2)cc(OC)c1O. The Morgan fingerprint density at radius 3 is 2.38 bits per heavy atom. The van der Waals surface area contributed by atoms with Crippen molar-refractivity contribution in [2.75, 3.05) is 14.2 Å². The molecule has 1 amide bonds. The average molecular weight is 363 g/mol. The van der Waals surface area contributed by atoms with Crippen LogP contribution in [0.3, 0.4) is 0 Å². The van der Waals surface area contributed by atoms with Gasteiger partial charge in [0.15, 0.2) is 23.1 Å². The van der Waals surface area contributed by atoms with Crippen LogP contribution in [0.25, 0.3) is 0 Å². The number of methoxy groups -OCH3 is 2. The normalized spacial score (nSPS) is 18.3. The molecule has 2 aromatic carbocycles. The van der Waals surface area contributed by atoms with E-state index in [1.165, 1.54) is 20.3 Å². The topological polar surface area (TPSA) is 67.8 Å². The first kappa shape index (κ1) is 18.0. The number of halogens is 2. The number of rotatable bonds is 6. The van der Waals surface area contributed by atoms with Gasteiger partial charge in [-0.3, -0.25) is 4.79 Å². The van der Waals surface area contributed by atoms with Gasteiger partial charge in [-0.05, 0) is 47.7 Å². The first-order valence-electron chi connectivity index (χ1n) is 8.11. The van der Waals surface area contributed by atoms with Crippen LogP contribution in [-0.4, -0.2) is 25.2 Å². The summed E-state index contributed by atoms with van der Waals surface area (Å²) in [6.07, 6.45) is 0.596. The molecule has 26 heavy (non-hydrogen) atoms. The van der Waals surface area contributed by atoms with Crippen LogP contribution in [0.1, 0.15) is 23.5 Å². The number of phenols is 1. The lowest BCUT2D eigenvalue weighted by Gasteiger charge is -2.12. The van der Waals surface area contributed by atoms with E-state index in [-0.39, 0.29) is 41.5 Å². The van der Waals surface area contributed by atoms with Gasteiger partial charge in [0.1, 0.15) is 0 Å². The maximum atomic E-state index is 13.3. The summed E-state index contributed by atoms with van der Waals surface area (Å²) in [5.74, 6) is -1.94. The largest absolute Gasteiger partial charge is 0.502 e. The number of carbonyl (C=O) groups is 1. The van der Waals surface area contributed by atoms with E-state index < -0.39 is 11.6 Å². The standard InChI is InChI=1S/C19H19F2NO4/c1-25-16-5-10(6-17(26-2)18(16)23)9-22-19(24)13-8-12(13)11-3-4-14(20)15(21)7-11/h3-7,12-13,23H,8-9H2,1-2H3,(H,22,24)/t12-,13-/m0/s1. The number of aromatic hydroxyl groups is 1. The van der Waals surface area contributed by atoms with E-state index in [1.807, 2.05) is 0 Å². The highest BCUT2D eigenvalue weighted by Gasteiger charge is 2.44. The molecule has 5 nitrogen and oxygen atoms in total. The highest BCUT2D eigenvalue weighted by Crippen LogP contribution is 2.47. The molecule has 0 aliphatic heterocycles. The molecule has 138 valence electrons. The molecule has 0 unspecified atom stereocenters. The molecule has 0 radical (unpaired) electrons. The van der Waals surface area contributed by atoms with Crippen molar-refractivity contribution in [2.24, 2.45) is 5.92 Å². The molecule has 0 bridgehead atoms. The van der Waals surface area contributed by atoms with Gasteiger partial charge in [-0.1, -0.05) is 6.07 Å². The van der Waals surface area contributed by atoms with Crippen molar-refractivity contribution in [3.8, 4) is 17.2 Å². The Morgan fingerprint density at radius 1 is 1.15 bits per heavy atom. The van der Waals surface area contributed by atoms with Crippen LogP contribution in [-0.2, 0) is 11.3 Å². The Morgan fingerprint density at radius 2 is 1.81 bits per heavy atom. The monoisotopic (exact) mass is 363 g/mol. The molecule has 2 aromatic rings. The van der Waals surface area contributed by atoms with Crippen LogP contribution in [0.2, 0.25) is 0 Å². The van der Waals surface area contributed by atoms with Crippen molar-refractivity contribution in [3.05, 3.63) is 53.1 Å². The second-order valence-electron chi connectivity index (χ2n) is 6.19. The second-order valence-corrected chi connectivity index (χ2v) is 6.19. The third-order valence-electron chi connectivity index (χ3n) is 4.51. The smallest absolute Gasteiger partial charge is 0.224 e. The summed E-state index contributed by atoms with van der Waals surface area (Å²) in [6.45, 7) is 0.229. The number of carbonyl (C=O) groups excluding carboxylic acids is 1. The van der Waals surface area contributed by atoms with Gasteiger partial charge in [0.2, 0.25) is 11.7 Å². The van der Waals surface area contributed by atoms with E-state index >= 15 is 0 Å². The van der Waals surface area contributed by atoms with Gasteiger partial charge in [-0.15, -0.1) is 0 Å². The number of phenolic OH excluding ortho intramolecular Hbond substituents is 1. The van der Waals surface area contributed by atoms with Crippen LogP contribution in [0.5, 0.6) is 17.2 Å². The lowest BCUT2D eigenvalue weighted by atomic mass is 10.1. The van der Waals surface area contributed by atoms with Crippen LogP contribution < -0.4 is 14.8 Å². The Balaban J connectivity index is 1.62. The maximum absolute atomic E-state index is 13.3. The molecule has 2 N–H and O–H groups in total. The fourth-order valence-electron chi connectivity index (χ4n) is 2.97. The van der Waals surface area contributed by atoms with Gasteiger partial charge < -0.3 is 19.9 Å². The quantitative estimate of drug-likeness (QED) is 0.828. The lowest BCUT2D eigenvalue weighted by Crippen LogP contribution is -2.24. The number of nitrogens with one attached hydrogen (secondary N) is 1. The van der Waals surface area contributed by atoms with Gasteiger partial charge in [0.05, 0.1) is 14.2 Å². The van der Waals surface area contributed by atoms with E-state index in [1.54, 1.807) is 12.1 Å². The van der Waals surface area contributed by atoms with Gasteiger partial charge in [-0.2, -0.15) is 0 Å². The fourth-order valence-corrected chi connectivity index (χ4v) is 2.97. The number of hydrogen-bond acceptors (Lipinski definition) is 4. The zero-order valence-electron chi connectivity index (χ0n) is 14.4. The third-order valence-corrected chi connectivity index (χ3v) is 4.51. The fraction of sp³-hybridized carbons (Fsp3) is 0.316. The van der Waals surface area contributed by atoms with Crippen LogP contribution >= 0.6 is 0 Å². The maximum Gasteiger partial charge on any atom is 0.224 e. The minimum Gasteiger partial charge on any atom is -0.502 e. The number of amides is 1.